The molecule has 0 aliphatic rings. The van der Waals surface area contributed by atoms with Crippen molar-refractivity contribution in [3.63, 3.8) is 0 Å². The average molecular weight is 324 g/mol. The first-order valence-corrected chi connectivity index (χ1v) is 8.64. The van der Waals surface area contributed by atoms with E-state index < -0.39 is 26.7 Å². The zero-order valence-electron chi connectivity index (χ0n) is 13.1. The van der Waals surface area contributed by atoms with Crippen LogP contribution in [0.1, 0.15) is 34.1 Å². The van der Waals surface area contributed by atoms with Crippen molar-refractivity contribution < 1.29 is 27.7 Å². The smallest absolute Gasteiger partial charge is 0.452 e. The van der Waals surface area contributed by atoms with Gasteiger partial charge in [0.2, 0.25) is 0 Å². The average Bonchev–Trinajstić information content (AvgIpc) is 2.36. The quantitative estimate of drug-likeness (QED) is 0.739. The molecule has 0 unspecified atom stereocenters. The highest BCUT2D eigenvalue weighted by Gasteiger charge is 2.54. The van der Waals surface area contributed by atoms with Gasteiger partial charge in [0.25, 0.3) is 17.9 Å². The first-order valence-electron chi connectivity index (χ1n) is 6.91. The Kier molecular flexibility index (Phi) is 6.30. The Morgan fingerprint density at radius 2 is 1.45 bits per heavy atom. The second-order valence-corrected chi connectivity index (χ2v) is 7.48. The molecule has 0 saturated carbocycles. The standard InChI is InChI=1S/C15H20O6Si/c1-11(2)10-15(18)21-22(19-12(3)16,20-13(4)17)14-8-6-5-7-9-14/h5-9,11H,10H2,1-4H3. The number of benzene rings is 1. The molecule has 0 aliphatic carbocycles. The Morgan fingerprint density at radius 1 is 0.955 bits per heavy atom. The topological polar surface area (TPSA) is 78.9 Å². The molecule has 0 atom stereocenters. The molecule has 0 N–H and O–H groups in total. The summed E-state index contributed by atoms with van der Waals surface area (Å²) in [6, 6.07) is 8.31. The van der Waals surface area contributed by atoms with Crippen LogP contribution in [0.4, 0.5) is 0 Å². The molecule has 0 spiro atoms. The van der Waals surface area contributed by atoms with Gasteiger partial charge in [0, 0.05) is 20.3 Å². The third-order valence-electron chi connectivity index (χ3n) is 2.51. The zero-order valence-corrected chi connectivity index (χ0v) is 14.1. The van der Waals surface area contributed by atoms with Crippen LogP contribution in [0.5, 0.6) is 0 Å². The number of hydrogen-bond acceptors (Lipinski definition) is 6. The van der Waals surface area contributed by atoms with Crippen LogP contribution in [0.2, 0.25) is 0 Å². The van der Waals surface area contributed by atoms with Crippen molar-refractivity contribution in [1.29, 1.82) is 0 Å². The molecule has 1 aromatic rings. The maximum absolute atomic E-state index is 12.0. The summed E-state index contributed by atoms with van der Waals surface area (Å²) in [4.78, 5) is 34.9. The summed E-state index contributed by atoms with van der Waals surface area (Å²) in [7, 11) is -3.98. The summed E-state index contributed by atoms with van der Waals surface area (Å²) in [6.45, 7) is 6.05. The predicted octanol–water partition coefficient (Wildman–Crippen LogP) is 1.55. The molecular formula is C15H20O6Si. The van der Waals surface area contributed by atoms with Crippen molar-refractivity contribution in [3.05, 3.63) is 30.3 Å². The monoisotopic (exact) mass is 324 g/mol. The van der Waals surface area contributed by atoms with Crippen LogP contribution in [0.15, 0.2) is 30.3 Å². The van der Waals surface area contributed by atoms with Crippen LogP contribution in [-0.2, 0) is 27.7 Å². The van der Waals surface area contributed by atoms with E-state index in [0.29, 0.717) is 5.19 Å². The molecule has 0 bridgehead atoms. The first kappa shape index (κ1) is 17.9. The van der Waals surface area contributed by atoms with Crippen LogP contribution < -0.4 is 5.19 Å². The highest BCUT2D eigenvalue weighted by atomic mass is 28.4. The number of rotatable bonds is 6. The van der Waals surface area contributed by atoms with Gasteiger partial charge in [-0.05, 0) is 5.92 Å². The minimum atomic E-state index is -3.98. The first-order chi connectivity index (χ1) is 10.2. The second kappa shape index (κ2) is 7.74. The predicted molar refractivity (Wildman–Crippen MR) is 80.9 cm³/mol. The lowest BCUT2D eigenvalue weighted by molar-refractivity contribution is -0.148. The lowest BCUT2D eigenvalue weighted by Gasteiger charge is -2.27. The minimum absolute atomic E-state index is 0.0598. The van der Waals surface area contributed by atoms with Crippen LogP contribution in [0.25, 0.3) is 0 Å². The lowest BCUT2D eigenvalue weighted by Crippen LogP contribution is -2.59. The Labute approximate surface area is 130 Å². The molecular weight excluding hydrogens is 304 g/mol. The van der Waals surface area contributed by atoms with Gasteiger partial charge in [-0.1, -0.05) is 44.2 Å². The van der Waals surface area contributed by atoms with Crippen molar-refractivity contribution >= 4 is 31.9 Å². The molecule has 0 saturated heterocycles. The molecule has 22 heavy (non-hydrogen) atoms. The Morgan fingerprint density at radius 3 is 1.86 bits per heavy atom. The van der Waals surface area contributed by atoms with Crippen molar-refractivity contribution in [2.75, 3.05) is 0 Å². The molecule has 0 aliphatic heterocycles. The van der Waals surface area contributed by atoms with Gasteiger partial charge >= 0.3 is 8.80 Å². The molecule has 6 nitrogen and oxygen atoms in total. The number of carbonyl (C=O) groups excluding carboxylic acids is 3. The Balaban J connectivity index is 3.22. The fraction of sp³-hybridized carbons (Fsp3) is 0.400. The highest BCUT2D eigenvalue weighted by Crippen LogP contribution is 2.15. The third kappa shape index (κ3) is 5.32. The van der Waals surface area contributed by atoms with E-state index in [2.05, 4.69) is 0 Å². The van der Waals surface area contributed by atoms with E-state index in [9.17, 15) is 14.4 Å². The summed E-state index contributed by atoms with van der Waals surface area (Å²) < 4.78 is 15.8. The van der Waals surface area contributed by atoms with Crippen LogP contribution >= 0.6 is 0 Å². The molecule has 0 aromatic heterocycles. The second-order valence-electron chi connectivity index (χ2n) is 5.18. The van der Waals surface area contributed by atoms with Crippen LogP contribution in [0.3, 0.4) is 0 Å². The molecule has 120 valence electrons. The fourth-order valence-corrected chi connectivity index (χ4v) is 4.00. The van der Waals surface area contributed by atoms with E-state index in [4.69, 9.17) is 13.3 Å². The summed E-state index contributed by atoms with van der Waals surface area (Å²) in [5.74, 6) is -1.89. The SMILES string of the molecule is CC(=O)O[Si](OC(C)=O)(OC(=O)CC(C)C)c1ccccc1. The molecule has 1 rings (SSSR count). The van der Waals surface area contributed by atoms with Gasteiger partial charge < -0.3 is 13.3 Å². The van der Waals surface area contributed by atoms with Gasteiger partial charge in [-0.2, -0.15) is 0 Å². The Hall–Kier alpha value is -2.15. The minimum Gasteiger partial charge on any atom is -0.452 e. The lowest BCUT2D eigenvalue weighted by atomic mass is 10.1. The van der Waals surface area contributed by atoms with Gasteiger partial charge in [0.1, 0.15) is 0 Å². The normalized spacial score (nSPS) is 11.0. The molecule has 0 fully saturated rings. The highest BCUT2D eigenvalue weighted by molar-refractivity contribution is 6.79. The summed E-state index contributed by atoms with van der Waals surface area (Å²) in [5.41, 5.74) is 0. The summed E-state index contributed by atoms with van der Waals surface area (Å²) >= 11 is 0. The molecule has 0 radical (unpaired) electrons. The number of hydrogen-bond donors (Lipinski definition) is 0. The molecule has 1 aromatic carbocycles. The fourth-order valence-electron chi connectivity index (χ4n) is 1.78. The Bertz CT molecular complexity index is 524. The van der Waals surface area contributed by atoms with E-state index in [1.807, 2.05) is 13.8 Å². The van der Waals surface area contributed by atoms with E-state index in [0.717, 1.165) is 0 Å². The largest absolute Gasteiger partial charge is 0.742 e. The van der Waals surface area contributed by atoms with Crippen molar-refractivity contribution in [2.24, 2.45) is 5.92 Å². The van der Waals surface area contributed by atoms with Gasteiger partial charge in [0.15, 0.2) is 0 Å². The zero-order chi connectivity index (χ0) is 16.8. The van der Waals surface area contributed by atoms with Crippen molar-refractivity contribution in [3.8, 4) is 0 Å². The van der Waals surface area contributed by atoms with Gasteiger partial charge in [-0.15, -0.1) is 0 Å². The molecule has 7 heteroatoms. The maximum atomic E-state index is 12.0. The van der Waals surface area contributed by atoms with Crippen molar-refractivity contribution in [2.45, 2.75) is 34.1 Å². The maximum Gasteiger partial charge on any atom is 0.742 e. The summed E-state index contributed by atoms with van der Waals surface area (Å²) in [5, 5.41) is 0.373. The van der Waals surface area contributed by atoms with Crippen LogP contribution in [0, 0.1) is 5.92 Å². The van der Waals surface area contributed by atoms with Gasteiger partial charge in [-0.25, -0.2) is 0 Å². The van der Waals surface area contributed by atoms with E-state index >= 15 is 0 Å². The van der Waals surface area contributed by atoms with E-state index in [1.54, 1.807) is 30.3 Å². The molecule has 0 amide bonds. The van der Waals surface area contributed by atoms with E-state index in [-0.39, 0.29) is 12.3 Å². The summed E-state index contributed by atoms with van der Waals surface area (Å²) in [6.07, 6.45) is 0.129. The third-order valence-corrected chi connectivity index (χ3v) is 5.16. The van der Waals surface area contributed by atoms with Gasteiger partial charge in [-0.3, -0.25) is 14.4 Å². The number of carbonyl (C=O) groups is 3. The molecule has 0 heterocycles. The van der Waals surface area contributed by atoms with E-state index in [1.165, 1.54) is 13.8 Å². The van der Waals surface area contributed by atoms with Gasteiger partial charge in [0.05, 0.1) is 5.19 Å². The van der Waals surface area contributed by atoms with Crippen molar-refractivity contribution in [1.82, 2.24) is 0 Å². The van der Waals surface area contributed by atoms with Crippen LogP contribution in [-0.4, -0.2) is 26.7 Å².